The summed E-state index contributed by atoms with van der Waals surface area (Å²) in [6, 6.07) is 9.41. The standard InChI is InChI=1S/C17H24N2O2/c1-13(2)11-16(20)18-15-9-6-10-19(12-15)17(21)14-7-4-3-5-8-14/h3-5,7-8,13,15H,6,9-12H2,1-2H3,(H,18,20). The number of benzene rings is 1. The minimum atomic E-state index is 0.0541. The third-order valence-corrected chi connectivity index (χ3v) is 3.69. The van der Waals surface area contributed by atoms with Gasteiger partial charge in [0.2, 0.25) is 5.91 Å². The van der Waals surface area contributed by atoms with E-state index in [4.69, 9.17) is 0 Å². The molecule has 2 amide bonds. The lowest BCUT2D eigenvalue weighted by molar-refractivity contribution is -0.122. The first-order chi connectivity index (χ1) is 10.1. The second-order valence-corrected chi connectivity index (χ2v) is 6.12. The number of amides is 2. The molecule has 1 aliphatic heterocycles. The lowest BCUT2D eigenvalue weighted by Gasteiger charge is -2.33. The molecular weight excluding hydrogens is 264 g/mol. The molecule has 114 valence electrons. The van der Waals surface area contributed by atoms with Gasteiger partial charge >= 0.3 is 0 Å². The highest BCUT2D eigenvalue weighted by Gasteiger charge is 2.25. The maximum atomic E-state index is 12.4. The summed E-state index contributed by atoms with van der Waals surface area (Å²) in [7, 11) is 0. The number of carbonyl (C=O) groups excluding carboxylic acids is 2. The van der Waals surface area contributed by atoms with E-state index >= 15 is 0 Å². The summed E-state index contributed by atoms with van der Waals surface area (Å²) >= 11 is 0. The van der Waals surface area contributed by atoms with Crippen LogP contribution in [-0.2, 0) is 4.79 Å². The average Bonchev–Trinajstić information content (AvgIpc) is 2.46. The predicted molar refractivity (Wildman–Crippen MR) is 83.0 cm³/mol. The minimum absolute atomic E-state index is 0.0541. The van der Waals surface area contributed by atoms with Crippen LogP contribution >= 0.6 is 0 Å². The van der Waals surface area contributed by atoms with E-state index in [1.807, 2.05) is 49.1 Å². The summed E-state index contributed by atoms with van der Waals surface area (Å²) in [5.41, 5.74) is 0.714. The second kappa shape index (κ2) is 7.25. The lowest BCUT2D eigenvalue weighted by atomic mass is 10.0. The van der Waals surface area contributed by atoms with Crippen LogP contribution in [0.4, 0.5) is 0 Å². The fourth-order valence-electron chi connectivity index (χ4n) is 2.70. The molecule has 0 bridgehead atoms. The van der Waals surface area contributed by atoms with E-state index in [0.29, 0.717) is 24.4 Å². The minimum Gasteiger partial charge on any atom is -0.352 e. The van der Waals surface area contributed by atoms with Crippen molar-refractivity contribution >= 4 is 11.8 Å². The lowest BCUT2D eigenvalue weighted by Crippen LogP contribution is -2.49. The molecule has 1 aromatic rings. The molecule has 1 aliphatic rings. The number of hydrogen-bond donors (Lipinski definition) is 1. The Kier molecular flexibility index (Phi) is 5.37. The van der Waals surface area contributed by atoms with Gasteiger partial charge in [0.15, 0.2) is 0 Å². The van der Waals surface area contributed by atoms with E-state index in [-0.39, 0.29) is 17.9 Å². The van der Waals surface area contributed by atoms with Crippen molar-refractivity contribution in [2.45, 2.75) is 39.2 Å². The summed E-state index contributed by atoms with van der Waals surface area (Å²) in [4.78, 5) is 26.1. The van der Waals surface area contributed by atoms with Gasteiger partial charge in [-0.2, -0.15) is 0 Å². The van der Waals surface area contributed by atoms with Crippen molar-refractivity contribution < 1.29 is 9.59 Å². The zero-order valence-electron chi connectivity index (χ0n) is 12.8. The van der Waals surface area contributed by atoms with Crippen molar-refractivity contribution in [3.05, 3.63) is 35.9 Å². The SMILES string of the molecule is CC(C)CC(=O)NC1CCCN(C(=O)c2ccccc2)C1. The second-order valence-electron chi connectivity index (χ2n) is 6.12. The van der Waals surface area contributed by atoms with Crippen molar-refractivity contribution in [3.8, 4) is 0 Å². The zero-order valence-corrected chi connectivity index (χ0v) is 12.8. The fraction of sp³-hybridized carbons (Fsp3) is 0.529. The van der Waals surface area contributed by atoms with E-state index in [0.717, 1.165) is 19.4 Å². The van der Waals surface area contributed by atoms with Crippen LogP contribution in [0.5, 0.6) is 0 Å². The number of nitrogens with one attached hydrogen (secondary N) is 1. The van der Waals surface area contributed by atoms with Crippen LogP contribution in [0.1, 0.15) is 43.5 Å². The maximum absolute atomic E-state index is 12.4. The largest absolute Gasteiger partial charge is 0.352 e. The molecule has 0 aromatic heterocycles. The quantitative estimate of drug-likeness (QED) is 0.925. The molecule has 1 aromatic carbocycles. The van der Waals surface area contributed by atoms with Gasteiger partial charge in [-0.25, -0.2) is 0 Å². The molecule has 21 heavy (non-hydrogen) atoms. The Hall–Kier alpha value is -1.84. The Morgan fingerprint density at radius 1 is 1.29 bits per heavy atom. The molecular formula is C17H24N2O2. The van der Waals surface area contributed by atoms with Crippen molar-refractivity contribution in [2.24, 2.45) is 5.92 Å². The normalized spacial score (nSPS) is 18.6. The van der Waals surface area contributed by atoms with Crippen LogP contribution in [0, 0.1) is 5.92 Å². The van der Waals surface area contributed by atoms with Gasteiger partial charge in [-0.15, -0.1) is 0 Å². The number of nitrogens with zero attached hydrogens (tertiary/aromatic N) is 1. The molecule has 1 unspecified atom stereocenters. The molecule has 1 saturated heterocycles. The first-order valence-electron chi connectivity index (χ1n) is 7.70. The molecule has 0 spiro atoms. The van der Waals surface area contributed by atoms with Crippen LogP contribution in [0.3, 0.4) is 0 Å². The smallest absolute Gasteiger partial charge is 0.253 e. The van der Waals surface area contributed by atoms with E-state index in [9.17, 15) is 9.59 Å². The van der Waals surface area contributed by atoms with E-state index in [2.05, 4.69) is 5.32 Å². The van der Waals surface area contributed by atoms with Gasteiger partial charge in [0.1, 0.15) is 0 Å². The van der Waals surface area contributed by atoms with Gasteiger partial charge in [-0.1, -0.05) is 32.0 Å². The Balaban J connectivity index is 1.91. The third kappa shape index (κ3) is 4.59. The summed E-state index contributed by atoms with van der Waals surface area (Å²) in [5, 5.41) is 3.05. The van der Waals surface area contributed by atoms with Crippen molar-refractivity contribution in [1.29, 1.82) is 0 Å². The number of hydrogen-bond acceptors (Lipinski definition) is 2. The molecule has 1 atom stereocenters. The van der Waals surface area contributed by atoms with Gasteiger partial charge in [-0.05, 0) is 30.9 Å². The van der Waals surface area contributed by atoms with E-state index in [1.54, 1.807) is 0 Å². The Morgan fingerprint density at radius 2 is 2.00 bits per heavy atom. The highest BCUT2D eigenvalue weighted by Crippen LogP contribution is 2.14. The summed E-state index contributed by atoms with van der Waals surface area (Å²) in [6.07, 6.45) is 2.43. The average molecular weight is 288 g/mol. The van der Waals surface area contributed by atoms with E-state index in [1.165, 1.54) is 0 Å². The summed E-state index contributed by atoms with van der Waals surface area (Å²) < 4.78 is 0. The van der Waals surface area contributed by atoms with Gasteiger partial charge in [0.25, 0.3) is 5.91 Å². The highest BCUT2D eigenvalue weighted by molar-refractivity contribution is 5.94. The first-order valence-corrected chi connectivity index (χ1v) is 7.70. The molecule has 4 nitrogen and oxygen atoms in total. The number of carbonyl (C=O) groups is 2. The molecule has 2 rings (SSSR count). The molecule has 4 heteroatoms. The Morgan fingerprint density at radius 3 is 2.67 bits per heavy atom. The van der Waals surface area contributed by atoms with Gasteiger partial charge in [0, 0.05) is 31.1 Å². The summed E-state index contributed by atoms with van der Waals surface area (Å²) in [6.45, 7) is 5.44. The first kappa shape index (κ1) is 15.5. The Labute approximate surface area is 126 Å². The third-order valence-electron chi connectivity index (χ3n) is 3.69. The van der Waals surface area contributed by atoms with Crippen LogP contribution in [-0.4, -0.2) is 35.8 Å². The number of rotatable bonds is 4. The van der Waals surface area contributed by atoms with Crippen LogP contribution in [0.25, 0.3) is 0 Å². The number of likely N-dealkylation sites (tertiary alicyclic amines) is 1. The van der Waals surface area contributed by atoms with E-state index < -0.39 is 0 Å². The van der Waals surface area contributed by atoms with Crippen LogP contribution in [0.15, 0.2) is 30.3 Å². The zero-order chi connectivity index (χ0) is 15.2. The van der Waals surface area contributed by atoms with Gasteiger partial charge < -0.3 is 10.2 Å². The van der Waals surface area contributed by atoms with Crippen molar-refractivity contribution in [3.63, 3.8) is 0 Å². The van der Waals surface area contributed by atoms with Gasteiger partial charge in [0.05, 0.1) is 0 Å². The monoisotopic (exact) mass is 288 g/mol. The molecule has 0 saturated carbocycles. The molecule has 1 fully saturated rings. The summed E-state index contributed by atoms with van der Waals surface area (Å²) in [5.74, 6) is 0.498. The predicted octanol–water partition coefficient (Wildman–Crippen LogP) is 2.45. The van der Waals surface area contributed by atoms with Crippen molar-refractivity contribution in [2.75, 3.05) is 13.1 Å². The molecule has 0 aliphatic carbocycles. The molecule has 1 heterocycles. The molecule has 0 radical (unpaired) electrons. The van der Waals surface area contributed by atoms with Gasteiger partial charge in [-0.3, -0.25) is 9.59 Å². The maximum Gasteiger partial charge on any atom is 0.253 e. The molecule has 1 N–H and O–H groups in total. The van der Waals surface area contributed by atoms with Crippen molar-refractivity contribution in [1.82, 2.24) is 10.2 Å². The van der Waals surface area contributed by atoms with Crippen LogP contribution in [0.2, 0.25) is 0 Å². The topological polar surface area (TPSA) is 49.4 Å². The number of piperidine rings is 1. The fourth-order valence-corrected chi connectivity index (χ4v) is 2.70. The Bertz CT molecular complexity index is 485. The van der Waals surface area contributed by atoms with Crippen LogP contribution < -0.4 is 5.32 Å². The highest BCUT2D eigenvalue weighted by atomic mass is 16.2.